The summed E-state index contributed by atoms with van der Waals surface area (Å²) in [5, 5.41) is 0. The molecular weight excluding hydrogens is 313 g/mol. The molecule has 0 bridgehead atoms. The van der Waals surface area contributed by atoms with Gasteiger partial charge in [-0.05, 0) is 37.3 Å². The van der Waals surface area contributed by atoms with Crippen LogP contribution in [0.2, 0.25) is 0 Å². The van der Waals surface area contributed by atoms with Crippen molar-refractivity contribution in [3.05, 3.63) is 53.8 Å². The molecule has 0 spiro atoms. The molecule has 2 N–H and O–H groups in total. The number of methoxy groups -OCH3 is 1. The van der Waals surface area contributed by atoms with Gasteiger partial charge in [-0.15, -0.1) is 0 Å². The zero-order chi connectivity index (χ0) is 17.1. The van der Waals surface area contributed by atoms with Gasteiger partial charge in [0.25, 0.3) is 0 Å². The number of pyridine rings is 1. The molecule has 2 aromatic heterocycles. The maximum absolute atomic E-state index is 14.0. The predicted octanol–water partition coefficient (Wildman–Crippen LogP) is 3.35. The van der Waals surface area contributed by atoms with E-state index in [1.165, 1.54) is 25.3 Å². The molecule has 3 rings (SSSR count). The largest absolute Gasteiger partial charge is 0.497 e. The Morgan fingerprint density at radius 2 is 2.12 bits per heavy atom. The Morgan fingerprint density at radius 3 is 2.88 bits per heavy atom. The SMILES string of the molecule is COc1ccc(F)c(-c2nc(COc3cccnc3N)c(C)o2)c1. The van der Waals surface area contributed by atoms with Crippen LogP contribution in [0.25, 0.3) is 11.5 Å². The summed E-state index contributed by atoms with van der Waals surface area (Å²) in [6, 6.07) is 7.80. The molecule has 6 nitrogen and oxygen atoms in total. The summed E-state index contributed by atoms with van der Waals surface area (Å²) in [5.74, 6) is 1.52. The molecule has 0 unspecified atom stereocenters. The van der Waals surface area contributed by atoms with Crippen LogP contribution in [0, 0.1) is 12.7 Å². The number of hydrogen-bond donors (Lipinski definition) is 1. The third-order valence-electron chi connectivity index (χ3n) is 3.46. The van der Waals surface area contributed by atoms with E-state index in [2.05, 4.69) is 9.97 Å². The first-order valence-corrected chi connectivity index (χ1v) is 7.22. The van der Waals surface area contributed by atoms with Crippen molar-refractivity contribution in [1.29, 1.82) is 0 Å². The molecule has 24 heavy (non-hydrogen) atoms. The molecule has 0 radical (unpaired) electrons. The highest BCUT2D eigenvalue weighted by Crippen LogP contribution is 2.28. The number of oxazole rings is 1. The summed E-state index contributed by atoms with van der Waals surface area (Å²) in [7, 11) is 1.51. The van der Waals surface area contributed by atoms with E-state index in [1.807, 2.05) is 0 Å². The number of ether oxygens (including phenoxy) is 2. The van der Waals surface area contributed by atoms with Crippen molar-refractivity contribution in [2.24, 2.45) is 0 Å². The quantitative estimate of drug-likeness (QED) is 0.773. The zero-order valence-corrected chi connectivity index (χ0v) is 13.2. The van der Waals surface area contributed by atoms with E-state index < -0.39 is 5.82 Å². The maximum atomic E-state index is 14.0. The second-order valence-electron chi connectivity index (χ2n) is 5.04. The van der Waals surface area contributed by atoms with Crippen molar-refractivity contribution < 1.29 is 18.3 Å². The fourth-order valence-corrected chi connectivity index (χ4v) is 2.14. The number of halogens is 1. The number of benzene rings is 1. The fraction of sp³-hybridized carbons (Fsp3) is 0.176. The van der Waals surface area contributed by atoms with Crippen LogP contribution in [0.4, 0.5) is 10.2 Å². The molecule has 0 aliphatic rings. The number of rotatable bonds is 5. The summed E-state index contributed by atoms with van der Waals surface area (Å²) in [4.78, 5) is 8.26. The highest BCUT2D eigenvalue weighted by atomic mass is 19.1. The summed E-state index contributed by atoms with van der Waals surface area (Å²) in [5.41, 5.74) is 6.51. The number of hydrogen-bond acceptors (Lipinski definition) is 6. The Hall–Kier alpha value is -3.09. The van der Waals surface area contributed by atoms with E-state index in [-0.39, 0.29) is 23.9 Å². The molecule has 3 aromatic rings. The lowest BCUT2D eigenvalue weighted by atomic mass is 10.2. The molecule has 0 saturated heterocycles. The highest BCUT2D eigenvalue weighted by Gasteiger charge is 2.16. The van der Waals surface area contributed by atoms with Gasteiger partial charge in [-0.1, -0.05) is 0 Å². The van der Waals surface area contributed by atoms with Gasteiger partial charge in [0.05, 0.1) is 12.7 Å². The number of nitrogens with zero attached hydrogens (tertiary/aromatic N) is 2. The van der Waals surface area contributed by atoms with Crippen molar-refractivity contribution in [2.45, 2.75) is 13.5 Å². The minimum Gasteiger partial charge on any atom is -0.497 e. The van der Waals surface area contributed by atoms with Crippen LogP contribution in [0.1, 0.15) is 11.5 Å². The lowest BCUT2D eigenvalue weighted by Crippen LogP contribution is -2.01. The van der Waals surface area contributed by atoms with E-state index in [9.17, 15) is 4.39 Å². The zero-order valence-electron chi connectivity index (χ0n) is 13.2. The van der Waals surface area contributed by atoms with Gasteiger partial charge in [0, 0.05) is 6.20 Å². The first-order valence-electron chi connectivity index (χ1n) is 7.22. The second kappa shape index (κ2) is 6.57. The van der Waals surface area contributed by atoms with Gasteiger partial charge >= 0.3 is 0 Å². The van der Waals surface area contributed by atoms with E-state index in [4.69, 9.17) is 19.6 Å². The minimum absolute atomic E-state index is 0.136. The number of nitrogens with two attached hydrogens (primary N) is 1. The number of aromatic nitrogens is 2. The van der Waals surface area contributed by atoms with E-state index in [0.717, 1.165) is 0 Å². The molecule has 1 aromatic carbocycles. The molecule has 0 fully saturated rings. The van der Waals surface area contributed by atoms with Gasteiger partial charge in [0.2, 0.25) is 5.89 Å². The van der Waals surface area contributed by atoms with Gasteiger partial charge in [-0.3, -0.25) is 0 Å². The maximum Gasteiger partial charge on any atom is 0.229 e. The third-order valence-corrected chi connectivity index (χ3v) is 3.46. The van der Waals surface area contributed by atoms with Gasteiger partial charge in [-0.2, -0.15) is 0 Å². The normalized spacial score (nSPS) is 10.6. The molecule has 124 valence electrons. The fourth-order valence-electron chi connectivity index (χ4n) is 2.14. The van der Waals surface area contributed by atoms with Gasteiger partial charge < -0.3 is 19.6 Å². The highest BCUT2D eigenvalue weighted by molar-refractivity contribution is 5.57. The predicted molar refractivity (Wildman–Crippen MR) is 86.2 cm³/mol. The van der Waals surface area contributed by atoms with Gasteiger partial charge in [0.15, 0.2) is 11.6 Å². The monoisotopic (exact) mass is 329 g/mol. The van der Waals surface area contributed by atoms with Crippen molar-refractivity contribution in [3.63, 3.8) is 0 Å². The second-order valence-corrected chi connectivity index (χ2v) is 5.04. The number of anilines is 1. The first-order chi connectivity index (χ1) is 11.6. The Morgan fingerprint density at radius 1 is 1.29 bits per heavy atom. The van der Waals surface area contributed by atoms with Gasteiger partial charge in [0.1, 0.15) is 29.6 Å². The van der Waals surface area contributed by atoms with Crippen LogP contribution in [-0.2, 0) is 6.61 Å². The summed E-state index contributed by atoms with van der Waals surface area (Å²) in [6.45, 7) is 1.87. The smallest absolute Gasteiger partial charge is 0.229 e. The Labute approximate surface area is 138 Å². The molecule has 0 atom stereocenters. The third kappa shape index (κ3) is 3.15. The molecule has 2 heterocycles. The molecule has 0 amide bonds. The molecule has 0 aliphatic carbocycles. The standard InChI is InChI=1S/C17H16FN3O3/c1-10-14(9-23-15-4-3-7-20-16(15)19)21-17(24-10)12-8-11(22-2)5-6-13(12)18/h3-8H,9H2,1-2H3,(H2,19,20). The lowest BCUT2D eigenvalue weighted by Gasteiger charge is -2.05. The van der Waals surface area contributed by atoms with Crippen LogP contribution in [0.5, 0.6) is 11.5 Å². The van der Waals surface area contributed by atoms with Crippen LogP contribution in [0.3, 0.4) is 0 Å². The first kappa shape index (κ1) is 15.8. The Bertz CT molecular complexity index is 864. The molecular formula is C17H16FN3O3. The van der Waals surface area contributed by atoms with Crippen LogP contribution in [-0.4, -0.2) is 17.1 Å². The summed E-state index contributed by atoms with van der Waals surface area (Å²) in [6.07, 6.45) is 1.58. The average molecular weight is 329 g/mol. The number of aryl methyl sites for hydroxylation is 1. The van der Waals surface area contributed by atoms with Crippen molar-refractivity contribution in [1.82, 2.24) is 9.97 Å². The average Bonchev–Trinajstić information content (AvgIpc) is 2.95. The topological polar surface area (TPSA) is 83.4 Å². The van der Waals surface area contributed by atoms with Crippen LogP contribution >= 0.6 is 0 Å². The Balaban J connectivity index is 1.84. The minimum atomic E-state index is -0.443. The molecule has 0 aliphatic heterocycles. The van der Waals surface area contributed by atoms with Crippen LogP contribution in [0.15, 0.2) is 40.9 Å². The Kier molecular flexibility index (Phi) is 4.33. The van der Waals surface area contributed by atoms with E-state index >= 15 is 0 Å². The van der Waals surface area contributed by atoms with E-state index in [0.29, 0.717) is 23.0 Å². The lowest BCUT2D eigenvalue weighted by molar-refractivity contribution is 0.300. The van der Waals surface area contributed by atoms with Crippen molar-refractivity contribution in [3.8, 4) is 23.0 Å². The van der Waals surface area contributed by atoms with Crippen molar-refractivity contribution >= 4 is 5.82 Å². The van der Waals surface area contributed by atoms with Gasteiger partial charge in [-0.25, -0.2) is 14.4 Å². The molecule has 7 heteroatoms. The number of nitrogen functional groups attached to an aromatic ring is 1. The summed E-state index contributed by atoms with van der Waals surface area (Å²) < 4.78 is 30.3. The molecule has 0 saturated carbocycles. The van der Waals surface area contributed by atoms with Crippen molar-refractivity contribution in [2.75, 3.05) is 12.8 Å². The van der Waals surface area contributed by atoms with E-state index in [1.54, 1.807) is 25.3 Å². The summed E-state index contributed by atoms with van der Waals surface area (Å²) >= 11 is 0. The van der Waals surface area contributed by atoms with Crippen LogP contribution < -0.4 is 15.2 Å².